The first-order valence-corrected chi connectivity index (χ1v) is 13.1. The van der Waals surface area contributed by atoms with Crippen LogP contribution in [0.2, 0.25) is 0 Å². The van der Waals surface area contributed by atoms with Crippen LogP contribution in [-0.4, -0.2) is 17.7 Å². The molecule has 10 heteroatoms. The molecule has 1 aromatic rings. The fraction of sp³-hybridized carbons (Fsp3) is 0.720. The highest BCUT2D eigenvalue weighted by Gasteiger charge is 2.48. The Morgan fingerprint density at radius 2 is 1.34 bits per heavy atom. The summed E-state index contributed by atoms with van der Waals surface area (Å²) in [5.41, 5.74) is -4.06. The fourth-order valence-corrected chi connectivity index (χ4v) is 6.58. The van der Waals surface area contributed by atoms with Gasteiger partial charge in [0, 0.05) is 5.25 Å². The second-order valence-corrected chi connectivity index (χ2v) is 10.8. The van der Waals surface area contributed by atoms with Gasteiger partial charge in [-0.25, -0.2) is 4.79 Å². The van der Waals surface area contributed by atoms with Crippen molar-refractivity contribution in [3.63, 3.8) is 0 Å². The van der Waals surface area contributed by atoms with Gasteiger partial charge in [0.2, 0.25) is 0 Å². The van der Waals surface area contributed by atoms with Gasteiger partial charge in [-0.15, -0.1) is 0 Å². The fourth-order valence-electron chi connectivity index (χ4n) is 5.67. The predicted molar refractivity (Wildman–Crippen MR) is 123 cm³/mol. The molecule has 2 saturated carbocycles. The second kappa shape index (κ2) is 11.6. The summed E-state index contributed by atoms with van der Waals surface area (Å²) >= 11 is 0.773. The Bertz CT molecular complexity index is 854. The normalized spacial score (nSPS) is 25.8. The molecule has 0 atom stereocenters. The highest BCUT2D eigenvalue weighted by Crippen LogP contribution is 2.49. The molecule has 0 unspecified atom stereocenters. The van der Waals surface area contributed by atoms with Crippen molar-refractivity contribution < 1.29 is 40.6 Å². The highest BCUT2D eigenvalue weighted by atomic mass is 32.2. The standard InChI is InChI=1S/C25H32F6O3S/c1-3-4-15-5-7-16(8-6-15)17-9-11-18(12-10-17)35-23(32)34-20-14-13-19(33-2)21(24(26,27)28)22(20)25(29,30)31/h13-18H,3-12H2,1-2H3. The van der Waals surface area contributed by atoms with Crippen molar-refractivity contribution in [1.82, 2.24) is 0 Å². The Morgan fingerprint density at radius 1 is 0.857 bits per heavy atom. The highest BCUT2D eigenvalue weighted by molar-refractivity contribution is 8.13. The number of hydrogen-bond donors (Lipinski definition) is 0. The van der Waals surface area contributed by atoms with Gasteiger partial charge < -0.3 is 9.47 Å². The number of ether oxygens (including phenoxy) is 2. The van der Waals surface area contributed by atoms with Crippen LogP contribution in [0.15, 0.2) is 12.1 Å². The summed E-state index contributed by atoms with van der Waals surface area (Å²) in [4.78, 5) is 12.4. The van der Waals surface area contributed by atoms with Crippen LogP contribution in [0.3, 0.4) is 0 Å². The lowest BCUT2D eigenvalue weighted by atomic mass is 9.70. The van der Waals surface area contributed by atoms with Crippen LogP contribution >= 0.6 is 11.8 Å². The zero-order valence-electron chi connectivity index (χ0n) is 19.9. The molecule has 0 spiro atoms. The van der Waals surface area contributed by atoms with Crippen LogP contribution in [0, 0.1) is 17.8 Å². The number of benzene rings is 1. The minimum atomic E-state index is -5.39. The number of hydrogen-bond acceptors (Lipinski definition) is 4. The molecule has 0 amide bonds. The summed E-state index contributed by atoms with van der Waals surface area (Å²) in [5.74, 6) is -0.0380. The molecule has 0 saturated heterocycles. The van der Waals surface area contributed by atoms with Gasteiger partial charge in [-0.1, -0.05) is 32.6 Å². The maximum absolute atomic E-state index is 13.6. The van der Waals surface area contributed by atoms with Gasteiger partial charge >= 0.3 is 17.7 Å². The zero-order chi connectivity index (χ0) is 25.8. The Labute approximate surface area is 206 Å². The smallest absolute Gasteiger partial charge is 0.420 e. The molecular formula is C25H32F6O3S. The van der Waals surface area contributed by atoms with E-state index < -0.39 is 40.3 Å². The monoisotopic (exact) mass is 526 g/mol. The number of alkyl halides is 6. The summed E-state index contributed by atoms with van der Waals surface area (Å²) in [6.07, 6.45) is 0.121. The van der Waals surface area contributed by atoms with Gasteiger partial charge in [-0.3, -0.25) is 0 Å². The largest absolute Gasteiger partial charge is 0.496 e. The number of carbonyl (C=O) groups excluding carboxylic acids is 1. The molecule has 2 aliphatic carbocycles. The molecule has 198 valence electrons. The van der Waals surface area contributed by atoms with E-state index >= 15 is 0 Å². The molecule has 2 aliphatic rings. The van der Waals surface area contributed by atoms with E-state index in [1.807, 2.05) is 0 Å². The van der Waals surface area contributed by atoms with Crippen molar-refractivity contribution in [2.45, 2.75) is 88.7 Å². The van der Waals surface area contributed by atoms with Gasteiger partial charge in [0.15, 0.2) is 0 Å². The van der Waals surface area contributed by atoms with E-state index in [0.717, 1.165) is 56.5 Å². The van der Waals surface area contributed by atoms with Gasteiger partial charge in [-0.2, -0.15) is 26.3 Å². The van der Waals surface area contributed by atoms with E-state index in [9.17, 15) is 31.1 Å². The molecule has 3 rings (SSSR count). The Hall–Kier alpha value is -1.58. The zero-order valence-corrected chi connectivity index (χ0v) is 20.8. The average molecular weight is 527 g/mol. The molecule has 0 radical (unpaired) electrons. The minimum Gasteiger partial charge on any atom is -0.496 e. The third kappa shape index (κ3) is 7.23. The maximum atomic E-state index is 13.6. The summed E-state index contributed by atoms with van der Waals surface area (Å²) in [5, 5.41) is -1.15. The quantitative estimate of drug-likeness (QED) is 0.274. The van der Waals surface area contributed by atoms with Gasteiger partial charge in [-0.05, 0) is 80.2 Å². The summed E-state index contributed by atoms with van der Waals surface area (Å²) in [7, 11) is 0.847. The first-order valence-electron chi connectivity index (χ1n) is 12.2. The number of carbonyl (C=O) groups is 1. The van der Waals surface area contributed by atoms with Crippen molar-refractivity contribution in [2.75, 3.05) is 7.11 Å². The third-order valence-corrected chi connectivity index (χ3v) is 8.43. The first kappa shape index (κ1) is 28.0. The molecule has 0 N–H and O–H groups in total. The average Bonchev–Trinajstić information content (AvgIpc) is 2.78. The third-order valence-electron chi connectivity index (χ3n) is 7.35. The van der Waals surface area contributed by atoms with Crippen molar-refractivity contribution in [2.24, 2.45) is 17.8 Å². The maximum Gasteiger partial charge on any atom is 0.420 e. The van der Waals surface area contributed by atoms with Crippen LogP contribution in [0.4, 0.5) is 31.1 Å². The van der Waals surface area contributed by atoms with Crippen molar-refractivity contribution in [1.29, 1.82) is 0 Å². The minimum absolute atomic E-state index is 0.121. The van der Waals surface area contributed by atoms with E-state index in [1.165, 1.54) is 38.5 Å². The van der Waals surface area contributed by atoms with Crippen LogP contribution < -0.4 is 9.47 Å². The number of methoxy groups -OCH3 is 1. The second-order valence-electron chi connectivity index (χ2n) is 9.59. The molecule has 0 bridgehead atoms. The summed E-state index contributed by atoms with van der Waals surface area (Å²) < 4.78 is 90.5. The van der Waals surface area contributed by atoms with Gasteiger partial charge in [0.05, 0.1) is 7.11 Å². The first-order chi connectivity index (χ1) is 16.4. The van der Waals surface area contributed by atoms with Crippen molar-refractivity contribution in [3.8, 4) is 11.5 Å². The molecule has 0 aromatic heterocycles. The van der Waals surface area contributed by atoms with Crippen LogP contribution in [-0.2, 0) is 12.4 Å². The number of thioether (sulfide) groups is 1. The van der Waals surface area contributed by atoms with E-state index in [1.54, 1.807) is 0 Å². The molecular weight excluding hydrogens is 494 g/mol. The number of halogens is 6. The van der Waals surface area contributed by atoms with Crippen molar-refractivity contribution >= 4 is 17.1 Å². The van der Waals surface area contributed by atoms with E-state index in [-0.39, 0.29) is 5.25 Å². The predicted octanol–water partition coefficient (Wildman–Crippen LogP) is 9.13. The molecule has 3 nitrogen and oxygen atoms in total. The Morgan fingerprint density at radius 3 is 1.83 bits per heavy atom. The molecule has 0 aliphatic heterocycles. The van der Waals surface area contributed by atoms with Crippen LogP contribution in [0.25, 0.3) is 0 Å². The molecule has 2 fully saturated rings. The Kier molecular flexibility index (Phi) is 9.32. The van der Waals surface area contributed by atoms with E-state index in [2.05, 4.69) is 11.7 Å². The molecule has 1 aromatic carbocycles. The lowest BCUT2D eigenvalue weighted by molar-refractivity contribution is -0.163. The van der Waals surface area contributed by atoms with Crippen molar-refractivity contribution in [3.05, 3.63) is 23.3 Å². The summed E-state index contributed by atoms with van der Waals surface area (Å²) in [6, 6.07) is 1.42. The SMILES string of the molecule is CCCC1CCC(C2CCC(SC(=O)Oc3ccc(OC)c(C(F)(F)F)c3C(F)(F)F)CC2)CC1. The van der Waals surface area contributed by atoms with E-state index in [4.69, 9.17) is 4.74 Å². The lowest BCUT2D eigenvalue weighted by Gasteiger charge is -2.37. The summed E-state index contributed by atoms with van der Waals surface area (Å²) in [6.45, 7) is 2.21. The van der Waals surface area contributed by atoms with Crippen LogP contribution in [0.5, 0.6) is 11.5 Å². The Balaban J connectivity index is 1.61. The van der Waals surface area contributed by atoms with Gasteiger partial charge in [0.1, 0.15) is 22.6 Å². The van der Waals surface area contributed by atoms with Crippen LogP contribution in [0.1, 0.15) is 82.3 Å². The lowest BCUT2D eigenvalue weighted by Crippen LogP contribution is -2.27. The molecule has 35 heavy (non-hydrogen) atoms. The van der Waals surface area contributed by atoms with Gasteiger partial charge in [0.25, 0.3) is 0 Å². The number of rotatable bonds is 6. The molecule has 0 heterocycles. The topological polar surface area (TPSA) is 35.5 Å². The van der Waals surface area contributed by atoms with E-state index in [0.29, 0.717) is 17.9 Å².